The Morgan fingerprint density at radius 2 is 2.25 bits per heavy atom. The summed E-state index contributed by atoms with van der Waals surface area (Å²) < 4.78 is 12.9. The number of halogens is 2. The first-order valence-electron chi connectivity index (χ1n) is 2.62. The van der Waals surface area contributed by atoms with Gasteiger partial charge in [0.25, 0.3) is 0 Å². The van der Waals surface area contributed by atoms with Crippen molar-refractivity contribution in [1.82, 2.24) is 0 Å². The van der Waals surface area contributed by atoms with Crippen molar-refractivity contribution < 1.29 is 67.5 Å². The largest absolute Gasteiger partial charge is 1.00 e. The zero-order chi connectivity index (χ0) is 8.43. The smallest absolute Gasteiger partial charge is 0.277 e. The molecule has 12 heavy (non-hydrogen) atoms. The maximum absolute atomic E-state index is 12.5. The topological polar surface area (TPSA) is 43.1 Å². The van der Waals surface area contributed by atoms with E-state index in [0.717, 1.165) is 12.1 Å². The molecular formula is C6H2BrFNO2Rb. The molecule has 0 amide bonds. The van der Waals surface area contributed by atoms with E-state index in [1.54, 1.807) is 0 Å². The number of benzene rings is 1. The molecule has 0 saturated carbocycles. The van der Waals surface area contributed by atoms with Crippen molar-refractivity contribution in [2.45, 2.75) is 0 Å². The van der Waals surface area contributed by atoms with E-state index in [-0.39, 0.29) is 58.2 Å². The van der Waals surface area contributed by atoms with Crippen molar-refractivity contribution in [3.8, 4) is 0 Å². The minimum Gasteiger partial charge on any atom is -0.277 e. The second-order valence-corrected chi connectivity index (χ2v) is 2.63. The molecule has 3 nitrogen and oxygen atoms in total. The van der Waals surface area contributed by atoms with Crippen LogP contribution in [0.25, 0.3) is 0 Å². The number of nitrogens with zero attached hydrogens (tertiary/aromatic N) is 1. The maximum atomic E-state index is 12.5. The molecule has 58 valence electrons. The molecule has 0 aliphatic rings. The summed E-state index contributed by atoms with van der Waals surface area (Å²) >= 11 is 2.94. The summed E-state index contributed by atoms with van der Waals surface area (Å²) in [4.78, 5) is 9.32. The fraction of sp³-hybridized carbons (Fsp3) is 0. The first-order chi connectivity index (χ1) is 5.11. The Kier molecular flexibility index (Phi) is 5.93. The third kappa shape index (κ3) is 3.29. The molecule has 0 aliphatic carbocycles. The van der Waals surface area contributed by atoms with E-state index in [1.807, 2.05) is 0 Å². The zero-order valence-electron chi connectivity index (χ0n) is 6.17. The van der Waals surface area contributed by atoms with E-state index in [2.05, 4.69) is 22.0 Å². The van der Waals surface area contributed by atoms with Crippen LogP contribution in [-0.2, 0) is 0 Å². The third-order valence-electron chi connectivity index (χ3n) is 1.04. The number of rotatable bonds is 1. The van der Waals surface area contributed by atoms with Crippen LogP contribution in [0.15, 0.2) is 16.6 Å². The fourth-order valence-electron chi connectivity index (χ4n) is 0.577. The van der Waals surface area contributed by atoms with Crippen molar-refractivity contribution in [2.75, 3.05) is 0 Å². The standard InChI is InChI=1S/C6H2BrFNO2.Rb/c7-4-1-2-5(8)6(3-4)9(10)11;/h2-3H;/q-1;+1. The van der Waals surface area contributed by atoms with Gasteiger partial charge in [0.1, 0.15) is 0 Å². The van der Waals surface area contributed by atoms with Crippen LogP contribution in [0.4, 0.5) is 10.1 Å². The monoisotopic (exact) mass is 303 g/mol. The molecule has 1 aromatic rings. The number of hydrogen-bond donors (Lipinski definition) is 0. The number of nitro benzene ring substituents is 1. The first-order valence-corrected chi connectivity index (χ1v) is 3.41. The van der Waals surface area contributed by atoms with E-state index in [4.69, 9.17) is 0 Å². The molecule has 0 radical (unpaired) electrons. The van der Waals surface area contributed by atoms with Gasteiger partial charge in [-0.2, -0.15) is 6.07 Å². The van der Waals surface area contributed by atoms with Crippen LogP contribution < -0.4 is 58.2 Å². The quantitative estimate of drug-likeness (QED) is 0.391. The van der Waals surface area contributed by atoms with Gasteiger partial charge in [-0.25, -0.2) is 0 Å². The van der Waals surface area contributed by atoms with Crippen molar-refractivity contribution in [3.63, 3.8) is 0 Å². The second-order valence-electron chi connectivity index (χ2n) is 1.77. The predicted molar refractivity (Wildman–Crippen MR) is 39.6 cm³/mol. The van der Waals surface area contributed by atoms with Crippen LogP contribution >= 0.6 is 15.9 Å². The molecule has 6 heteroatoms. The van der Waals surface area contributed by atoms with Crippen LogP contribution in [0.3, 0.4) is 0 Å². The van der Waals surface area contributed by atoms with Crippen LogP contribution in [0, 0.1) is 22.0 Å². The predicted octanol–water partition coefficient (Wildman–Crippen LogP) is -0.699. The van der Waals surface area contributed by atoms with E-state index in [1.165, 1.54) is 0 Å². The van der Waals surface area contributed by atoms with Crippen molar-refractivity contribution in [1.29, 1.82) is 0 Å². The minimum absolute atomic E-state index is 0. The summed E-state index contributed by atoms with van der Waals surface area (Å²) in [5, 5.41) is 10.1. The average molecular weight is 304 g/mol. The Morgan fingerprint density at radius 3 is 2.67 bits per heavy atom. The van der Waals surface area contributed by atoms with Gasteiger partial charge in [-0.1, -0.05) is 26.5 Å². The van der Waals surface area contributed by atoms with Crippen LogP contribution in [0.5, 0.6) is 0 Å². The molecule has 0 unspecified atom stereocenters. The van der Waals surface area contributed by atoms with E-state index in [9.17, 15) is 14.5 Å². The molecule has 0 aliphatic heterocycles. The average Bonchev–Trinajstić information content (AvgIpc) is 1.94. The summed E-state index contributed by atoms with van der Waals surface area (Å²) in [6.07, 6.45) is 0. The van der Waals surface area contributed by atoms with Crippen LogP contribution in [0.2, 0.25) is 0 Å². The molecule has 0 bridgehead atoms. The second kappa shape index (κ2) is 5.54. The fourth-order valence-corrected chi connectivity index (χ4v) is 0.908. The number of nitro groups is 1. The van der Waals surface area contributed by atoms with Gasteiger partial charge < -0.3 is 0 Å². The van der Waals surface area contributed by atoms with Gasteiger partial charge >= 0.3 is 58.2 Å². The van der Waals surface area contributed by atoms with Gasteiger partial charge in [0, 0.05) is 4.92 Å². The van der Waals surface area contributed by atoms with Crippen LogP contribution in [0.1, 0.15) is 0 Å². The molecule has 0 saturated heterocycles. The molecule has 0 heterocycles. The van der Waals surface area contributed by atoms with Gasteiger partial charge in [-0.3, -0.25) is 14.5 Å². The Labute approximate surface area is 125 Å². The Balaban J connectivity index is 0.00000121. The summed E-state index contributed by atoms with van der Waals surface area (Å²) in [6, 6.07) is 4.42. The molecule has 0 N–H and O–H groups in total. The molecular weight excluding hydrogens is 302 g/mol. The maximum Gasteiger partial charge on any atom is 1.00 e. The number of hydrogen-bond acceptors (Lipinski definition) is 2. The van der Waals surface area contributed by atoms with Gasteiger partial charge in [0.15, 0.2) is 0 Å². The summed E-state index contributed by atoms with van der Waals surface area (Å²) in [5.41, 5.74) is -0.546. The Bertz CT molecular complexity index is 308. The van der Waals surface area contributed by atoms with Gasteiger partial charge in [0.2, 0.25) is 5.69 Å². The molecule has 1 rings (SSSR count). The van der Waals surface area contributed by atoms with E-state index in [0.29, 0.717) is 4.47 Å². The normalized spacial score (nSPS) is 8.83. The molecule has 0 atom stereocenters. The summed E-state index contributed by atoms with van der Waals surface area (Å²) in [5.74, 6) is -0.877. The SMILES string of the molecule is O=[N+]([O-])c1cc(Br)[c-]cc1F.[Rb+]. The minimum atomic E-state index is -0.877. The van der Waals surface area contributed by atoms with Crippen LogP contribution in [-0.4, -0.2) is 4.92 Å². The third-order valence-corrected chi connectivity index (χ3v) is 1.50. The van der Waals surface area contributed by atoms with Gasteiger partial charge in [-0.05, 0) is 0 Å². The molecule has 0 spiro atoms. The van der Waals surface area contributed by atoms with Gasteiger partial charge in [0.05, 0.1) is 5.82 Å². The summed E-state index contributed by atoms with van der Waals surface area (Å²) in [7, 11) is 0. The zero-order valence-corrected chi connectivity index (χ0v) is 12.7. The molecule has 0 fully saturated rings. The van der Waals surface area contributed by atoms with E-state index >= 15 is 0 Å². The first kappa shape index (κ1) is 12.8. The van der Waals surface area contributed by atoms with Gasteiger partial charge in [-0.15, -0.1) is 6.07 Å². The Morgan fingerprint density at radius 1 is 1.67 bits per heavy atom. The van der Waals surface area contributed by atoms with Crippen molar-refractivity contribution >= 4 is 21.6 Å². The van der Waals surface area contributed by atoms with E-state index < -0.39 is 16.4 Å². The Hall–Kier alpha value is 0.835. The summed E-state index contributed by atoms with van der Waals surface area (Å²) in [6.45, 7) is 0. The van der Waals surface area contributed by atoms with Crippen molar-refractivity contribution in [2.24, 2.45) is 0 Å². The molecule has 1 aromatic carbocycles. The molecule has 0 aromatic heterocycles. The van der Waals surface area contributed by atoms with Crippen molar-refractivity contribution in [3.05, 3.63) is 38.6 Å².